The van der Waals surface area contributed by atoms with E-state index < -0.39 is 17.4 Å². The number of hydrogen-bond donors (Lipinski definition) is 0. The van der Waals surface area contributed by atoms with E-state index in [2.05, 4.69) is 18.7 Å². The quantitative estimate of drug-likeness (QED) is 0.486. The molecule has 0 heterocycles. The molecule has 0 spiro atoms. The molecule has 1 unspecified atom stereocenters. The SMILES string of the molecule is CCOC(=O)C(CC)(C(=O)OCCN(CC)CC)c1ccccc1. The summed E-state index contributed by atoms with van der Waals surface area (Å²) in [7, 11) is 0. The van der Waals surface area contributed by atoms with E-state index in [4.69, 9.17) is 9.47 Å². The van der Waals surface area contributed by atoms with Crippen LogP contribution in [0.15, 0.2) is 30.3 Å². The van der Waals surface area contributed by atoms with Gasteiger partial charge in [-0.1, -0.05) is 51.1 Å². The van der Waals surface area contributed by atoms with Gasteiger partial charge in [-0.25, -0.2) is 0 Å². The summed E-state index contributed by atoms with van der Waals surface area (Å²) in [4.78, 5) is 27.6. The maximum absolute atomic E-state index is 12.8. The highest BCUT2D eigenvalue weighted by Crippen LogP contribution is 2.31. The lowest BCUT2D eigenvalue weighted by Gasteiger charge is -2.29. The summed E-state index contributed by atoms with van der Waals surface area (Å²) in [6.45, 7) is 10.6. The monoisotopic (exact) mass is 335 g/mol. The van der Waals surface area contributed by atoms with Crippen molar-refractivity contribution in [2.75, 3.05) is 32.8 Å². The molecule has 0 fully saturated rings. The van der Waals surface area contributed by atoms with Crippen molar-refractivity contribution in [3.63, 3.8) is 0 Å². The summed E-state index contributed by atoms with van der Waals surface area (Å²) in [5.74, 6) is -1.09. The van der Waals surface area contributed by atoms with Gasteiger partial charge in [-0.05, 0) is 32.0 Å². The van der Waals surface area contributed by atoms with E-state index in [1.807, 2.05) is 18.2 Å². The van der Waals surface area contributed by atoms with Crippen LogP contribution in [-0.4, -0.2) is 49.7 Å². The van der Waals surface area contributed by atoms with Crippen LogP contribution in [0.1, 0.15) is 39.7 Å². The normalized spacial score (nSPS) is 13.4. The molecule has 0 aliphatic carbocycles. The van der Waals surface area contributed by atoms with Gasteiger partial charge in [-0.15, -0.1) is 0 Å². The molecule has 0 aromatic heterocycles. The van der Waals surface area contributed by atoms with Gasteiger partial charge in [0, 0.05) is 6.54 Å². The largest absolute Gasteiger partial charge is 0.465 e. The van der Waals surface area contributed by atoms with Crippen molar-refractivity contribution in [2.24, 2.45) is 0 Å². The van der Waals surface area contributed by atoms with Crippen LogP contribution < -0.4 is 0 Å². The Bertz CT molecular complexity index is 513. The third-order valence-electron chi connectivity index (χ3n) is 4.30. The van der Waals surface area contributed by atoms with E-state index in [9.17, 15) is 9.59 Å². The van der Waals surface area contributed by atoms with Crippen LogP contribution in [0.25, 0.3) is 0 Å². The molecule has 5 heteroatoms. The van der Waals surface area contributed by atoms with Crippen LogP contribution >= 0.6 is 0 Å². The topological polar surface area (TPSA) is 55.8 Å². The molecule has 0 N–H and O–H groups in total. The second-order valence-corrected chi connectivity index (χ2v) is 5.51. The molecule has 0 saturated heterocycles. The molecule has 0 amide bonds. The van der Waals surface area contributed by atoms with Gasteiger partial charge in [0.1, 0.15) is 6.61 Å². The number of rotatable bonds is 10. The van der Waals surface area contributed by atoms with Crippen molar-refractivity contribution in [3.8, 4) is 0 Å². The maximum Gasteiger partial charge on any atom is 0.328 e. The molecule has 0 aliphatic rings. The zero-order valence-electron chi connectivity index (χ0n) is 15.2. The van der Waals surface area contributed by atoms with Gasteiger partial charge in [0.05, 0.1) is 6.61 Å². The predicted octanol–water partition coefficient (Wildman–Crippen LogP) is 2.78. The molecule has 1 atom stereocenters. The third kappa shape index (κ3) is 4.57. The van der Waals surface area contributed by atoms with E-state index in [0.717, 1.165) is 13.1 Å². The molecule has 1 rings (SSSR count). The lowest BCUT2D eigenvalue weighted by molar-refractivity contribution is -0.165. The van der Waals surface area contributed by atoms with Crippen LogP contribution in [-0.2, 0) is 24.5 Å². The minimum absolute atomic E-state index is 0.222. The Kier molecular flexibility index (Phi) is 8.47. The van der Waals surface area contributed by atoms with E-state index in [1.54, 1.807) is 26.0 Å². The number of ether oxygens (including phenoxy) is 2. The number of benzene rings is 1. The van der Waals surface area contributed by atoms with Gasteiger partial charge < -0.3 is 14.4 Å². The van der Waals surface area contributed by atoms with Crippen LogP contribution in [0.2, 0.25) is 0 Å². The van der Waals surface area contributed by atoms with Gasteiger partial charge in [0.15, 0.2) is 5.41 Å². The lowest BCUT2D eigenvalue weighted by Crippen LogP contribution is -2.46. The first-order valence-corrected chi connectivity index (χ1v) is 8.69. The average molecular weight is 335 g/mol. The minimum Gasteiger partial charge on any atom is -0.465 e. The third-order valence-corrected chi connectivity index (χ3v) is 4.30. The lowest BCUT2D eigenvalue weighted by atomic mass is 9.78. The number of hydrogen-bond acceptors (Lipinski definition) is 5. The van der Waals surface area contributed by atoms with Crippen molar-refractivity contribution in [2.45, 2.75) is 39.5 Å². The Balaban J connectivity index is 3.00. The van der Waals surface area contributed by atoms with Crippen LogP contribution in [0, 0.1) is 0 Å². The zero-order chi connectivity index (χ0) is 18.0. The molecule has 134 valence electrons. The van der Waals surface area contributed by atoms with Crippen LogP contribution in [0.5, 0.6) is 0 Å². The maximum atomic E-state index is 12.8. The summed E-state index contributed by atoms with van der Waals surface area (Å²) >= 11 is 0. The van der Waals surface area contributed by atoms with E-state index in [-0.39, 0.29) is 13.2 Å². The van der Waals surface area contributed by atoms with Gasteiger partial charge in [-0.3, -0.25) is 9.59 Å². The fourth-order valence-corrected chi connectivity index (χ4v) is 2.72. The summed E-state index contributed by atoms with van der Waals surface area (Å²) in [5.41, 5.74) is -0.792. The standard InChI is InChI=1S/C19H29NO4/c1-5-19(17(21)23-8-4,16-12-10-9-11-13-16)18(22)24-15-14-20(6-2)7-3/h9-13H,5-8,14-15H2,1-4H3. The first kappa shape index (κ1) is 20.2. The fourth-order valence-electron chi connectivity index (χ4n) is 2.72. The Morgan fingerprint density at radius 1 is 0.958 bits per heavy atom. The molecule has 0 bridgehead atoms. The number of likely N-dealkylation sites (N-methyl/N-ethyl adjacent to an activating group) is 1. The van der Waals surface area contributed by atoms with E-state index >= 15 is 0 Å². The summed E-state index contributed by atoms with van der Waals surface area (Å²) in [5, 5.41) is 0. The van der Waals surface area contributed by atoms with Gasteiger partial charge >= 0.3 is 11.9 Å². The molecule has 5 nitrogen and oxygen atoms in total. The van der Waals surface area contributed by atoms with Gasteiger partial charge in [0.2, 0.25) is 0 Å². The highest BCUT2D eigenvalue weighted by molar-refractivity contribution is 6.06. The summed E-state index contributed by atoms with van der Waals surface area (Å²) in [6.07, 6.45) is 0.292. The molecule has 24 heavy (non-hydrogen) atoms. The van der Waals surface area contributed by atoms with Crippen molar-refractivity contribution >= 4 is 11.9 Å². The Morgan fingerprint density at radius 2 is 1.54 bits per heavy atom. The van der Waals surface area contributed by atoms with Crippen molar-refractivity contribution in [1.82, 2.24) is 4.90 Å². The molecule has 0 radical (unpaired) electrons. The molecule has 1 aromatic rings. The van der Waals surface area contributed by atoms with Gasteiger partial charge in [0.25, 0.3) is 0 Å². The minimum atomic E-state index is -1.40. The molecule has 1 aromatic carbocycles. The number of carbonyl (C=O) groups is 2. The van der Waals surface area contributed by atoms with E-state index in [0.29, 0.717) is 18.5 Å². The van der Waals surface area contributed by atoms with Crippen molar-refractivity contribution in [1.29, 1.82) is 0 Å². The fraction of sp³-hybridized carbons (Fsp3) is 0.579. The zero-order valence-corrected chi connectivity index (χ0v) is 15.2. The first-order valence-electron chi connectivity index (χ1n) is 8.69. The number of esters is 2. The van der Waals surface area contributed by atoms with Crippen LogP contribution in [0.4, 0.5) is 0 Å². The van der Waals surface area contributed by atoms with Crippen molar-refractivity contribution in [3.05, 3.63) is 35.9 Å². The Labute approximate surface area is 144 Å². The van der Waals surface area contributed by atoms with Crippen molar-refractivity contribution < 1.29 is 19.1 Å². The second kappa shape index (κ2) is 10.1. The average Bonchev–Trinajstić information content (AvgIpc) is 2.61. The molecule has 0 saturated carbocycles. The summed E-state index contributed by atoms with van der Waals surface area (Å²) in [6, 6.07) is 9.00. The first-order chi connectivity index (χ1) is 11.6. The molecular weight excluding hydrogens is 306 g/mol. The summed E-state index contributed by atoms with van der Waals surface area (Å²) < 4.78 is 10.7. The number of carbonyl (C=O) groups excluding carboxylic acids is 2. The number of nitrogens with zero attached hydrogens (tertiary/aromatic N) is 1. The molecule has 0 aliphatic heterocycles. The second-order valence-electron chi connectivity index (χ2n) is 5.51. The van der Waals surface area contributed by atoms with Crippen LogP contribution in [0.3, 0.4) is 0 Å². The molecular formula is C19H29NO4. The smallest absolute Gasteiger partial charge is 0.328 e. The Morgan fingerprint density at radius 3 is 2.04 bits per heavy atom. The Hall–Kier alpha value is -1.88. The highest BCUT2D eigenvalue weighted by Gasteiger charge is 2.49. The predicted molar refractivity (Wildman–Crippen MR) is 93.8 cm³/mol. The highest BCUT2D eigenvalue weighted by atomic mass is 16.6. The van der Waals surface area contributed by atoms with E-state index in [1.165, 1.54) is 0 Å². The van der Waals surface area contributed by atoms with Gasteiger partial charge in [-0.2, -0.15) is 0 Å².